The van der Waals surface area contributed by atoms with Crippen LogP contribution in [-0.4, -0.2) is 24.2 Å². The van der Waals surface area contributed by atoms with Gasteiger partial charge >= 0.3 is 0 Å². The van der Waals surface area contributed by atoms with Crippen molar-refractivity contribution in [1.29, 1.82) is 0 Å². The summed E-state index contributed by atoms with van der Waals surface area (Å²) >= 11 is 0. The first kappa shape index (κ1) is 11.1. The SMILES string of the molecule is CCOCC(C)NCc1ccccn1. The van der Waals surface area contributed by atoms with Gasteiger partial charge in [-0.3, -0.25) is 4.98 Å². The van der Waals surface area contributed by atoms with E-state index < -0.39 is 0 Å². The fourth-order valence-corrected chi connectivity index (χ4v) is 1.14. The van der Waals surface area contributed by atoms with E-state index in [4.69, 9.17) is 4.74 Å². The zero-order valence-corrected chi connectivity index (χ0v) is 8.86. The van der Waals surface area contributed by atoms with E-state index in [-0.39, 0.29) is 0 Å². The summed E-state index contributed by atoms with van der Waals surface area (Å²) in [5, 5.41) is 3.35. The van der Waals surface area contributed by atoms with Crippen LogP contribution in [0.5, 0.6) is 0 Å². The van der Waals surface area contributed by atoms with Crippen LogP contribution in [0.4, 0.5) is 0 Å². The molecule has 1 N–H and O–H groups in total. The Morgan fingerprint density at radius 2 is 2.36 bits per heavy atom. The first-order valence-electron chi connectivity index (χ1n) is 5.04. The second-order valence-corrected chi connectivity index (χ2v) is 3.26. The highest BCUT2D eigenvalue weighted by Crippen LogP contribution is 1.93. The summed E-state index contributed by atoms with van der Waals surface area (Å²) in [5.41, 5.74) is 1.07. The minimum Gasteiger partial charge on any atom is -0.380 e. The maximum atomic E-state index is 5.30. The normalized spacial score (nSPS) is 12.7. The highest BCUT2D eigenvalue weighted by molar-refractivity contribution is 5.02. The highest BCUT2D eigenvalue weighted by atomic mass is 16.5. The molecule has 0 saturated heterocycles. The Morgan fingerprint density at radius 1 is 1.50 bits per heavy atom. The monoisotopic (exact) mass is 194 g/mol. The van der Waals surface area contributed by atoms with Gasteiger partial charge in [0.2, 0.25) is 0 Å². The molecule has 0 aromatic carbocycles. The van der Waals surface area contributed by atoms with Crippen LogP contribution >= 0.6 is 0 Å². The first-order chi connectivity index (χ1) is 6.83. The molecule has 3 heteroatoms. The molecule has 1 aromatic rings. The predicted molar refractivity (Wildman–Crippen MR) is 57.0 cm³/mol. The third kappa shape index (κ3) is 4.35. The largest absolute Gasteiger partial charge is 0.380 e. The zero-order chi connectivity index (χ0) is 10.2. The lowest BCUT2D eigenvalue weighted by Gasteiger charge is -2.12. The van der Waals surface area contributed by atoms with E-state index in [2.05, 4.69) is 17.2 Å². The second kappa shape index (κ2) is 6.51. The Balaban J connectivity index is 2.20. The number of rotatable bonds is 6. The Bertz CT molecular complexity index is 238. The van der Waals surface area contributed by atoms with E-state index in [1.807, 2.05) is 31.3 Å². The molecular formula is C11H18N2O. The van der Waals surface area contributed by atoms with Crippen molar-refractivity contribution in [2.24, 2.45) is 0 Å². The van der Waals surface area contributed by atoms with E-state index >= 15 is 0 Å². The van der Waals surface area contributed by atoms with Gasteiger partial charge in [-0.1, -0.05) is 6.07 Å². The Hall–Kier alpha value is -0.930. The molecular weight excluding hydrogens is 176 g/mol. The minimum absolute atomic E-state index is 0.372. The number of aromatic nitrogens is 1. The summed E-state index contributed by atoms with van der Waals surface area (Å²) in [7, 11) is 0. The third-order valence-electron chi connectivity index (χ3n) is 1.93. The van der Waals surface area contributed by atoms with Crippen LogP contribution in [-0.2, 0) is 11.3 Å². The zero-order valence-electron chi connectivity index (χ0n) is 8.86. The number of nitrogens with one attached hydrogen (secondary N) is 1. The van der Waals surface area contributed by atoms with E-state index in [1.165, 1.54) is 0 Å². The summed E-state index contributed by atoms with van der Waals surface area (Å²) in [6, 6.07) is 6.31. The topological polar surface area (TPSA) is 34.1 Å². The molecule has 0 saturated carbocycles. The van der Waals surface area contributed by atoms with Crippen LogP contribution in [0.1, 0.15) is 19.5 Å². The fourth-order valence-electron chi connectivity index (χ4n) is 1.14. The van der Waals surface area contributed by atoms with Gasteiger partial charge in [-0.15, -0.1) is 0 Å². The summed E-state index contributed by atoms with van der Waals surface area (Å²) in [4.78, 5) is 4.23. The number of nitrogens with zero attached hydrogens (tertiary/aromatic N) is 1. The molecule has 0 aliphatic carbocycles. The van der Waals surface area contributed by atoms with Crippen molar-refractivity contribution >= 4 is 0 Å². The lowest BCUT2D eigenvalue weighted by atomic mass is 10.3. The van der Waals surface area contributed by atoms with Gasteiger partial charge in [0.05, 0.1) is 12.3 Å². The number of ether oxygens (including phenoxy) is 1. The molecule has 0 aliphatic rings. The van der Waals surface area contributed by atoms with E-state index in [0.29, 0.717) is 6.04 Å². The fraction of sp³-hybridized carbons (Fsp3) is 0.545. The van der Waals surface area contributed by atoms with Gasteiger partial charge in [0, 0.05) is 25.4 Å². The van der Waals surface area contributed by atoms with Crippen LogP contribution in [0, 0.1) is 0 Å². The summed E-state index contributed by atoms with van der Waals surface area (Å²) in [5.74, 6) is 0. The molecule has 0 amide bonds. The summed E-state index contributed by atoms with van der Waals surface area (Å²) < 4.78 is 5.30. The smallest absolute Gasteiger partial charge is 0.0616 e. The Morgan fingerprint density at radius 3 is 3.00 bits per heavy atom. The van der Waals surface area contributed by atoms with Crippen molar-refractivity contribution in [2.45, 2.75) is 26.4 Å². The summed E-state index contributed by atoms with van der Waals surface area (Å²) in [6.45, 7) is 6.44. The molecule has 1 unspecified atom stereocenters. The van der Waals surface area contributed by atoms with Crippen LogP contribution in [0.3, 0.4) is 0 Å². The van der Waals surface area contributed by atoms with Crippen molar-refractivity contribution in [2.75, 3.05) is 13.2 Å². The molecule has 0 bridgehead atoms. The maximum Gasteiger partial charge on any atom is 0.0616 e. The molecule has 1 heterocycles. The van der Waals surface area contributed by atoms with Gasteiger partial charge in [0.25, 0.3) is 0 Å². The molecule has 78 valence electrons. The van der Waals surface area contributed by atoms with Crippen molar-refractivity contribution < 1.29 is 4.74 Å². The maximum absolute atomic E-state index is 5.30. The summed E-state index contributed by atoms with van der Waals surface area (Å²) in [6.07, 6.45) is 1.81. The lowest BCUT2D eigenvalue weighted by molar-refractivity contribution is 0.127. The Labute approximate surface area is 85.5 Å². The Kier molecular flexibility index (Phi) is 5.19. The van der Waals surface area contributed by atoms with Crippen LogP contribution < -0.4 is 5.32 Å². The van der Waals surface area contributed by atoms with Crippen LogP contribution in [0.15, 0.2) is 24.4 Å². The second-order valence-electron chi connectivity index (χ2n) is 3.26. The van der Waals surface area contributed by atoms with Crippen LogP contribution in [0.25, 0.3) is 0 Å². The van der Waals surface area contributed by atoms with Crippen molar-refractivity contribution in [3.05, 3.63) is 30.1 Å². The standard InChI is InChI=1S/C11H18N2O/c1-3-14-9-10(2)13-8-11-6-4-5-7-12-11/h4-7,10,13H,3,8-9H2,1-2H3. The van der Waals surface area contributed by atoms with Crippen molar-refractivity contribution in [3.63, 3.8) is 0 Å². The van der Waals surface area contributed by atoms with Gasteiger partial charge < -0.3 is 10.1 Å². The van der Waals surface area contributed by atoms with Crippen molar-refractivity contribution in [3.8, 4) is 0 Å². The quantitative estimate of drug-likeness (QED) is 0.747. The minimum atomic E-state index is 0.372. The van der Waals surface area contributed by atoms with Gasteiger partial charge in [0.1, 0.15) is 0 Å². The van der Waals surface area contributed by atoms with Gasteiger partial charge in [-0.2, -0.15) is 0 Å². The predicted octanol–water partition coefficient (Wildman–Crippen LogP) is 1.60. The van der Waals surface area contributed by atoms with Gasteiger partial charge in [-0.25, -0.2) is 0 Å². The molecule has 1 rings (SSSR count). The average Bonchev–Trinajstić information content (AvgIpc) is 2.25. The number of hydrogen-bond acceptors (Lipinski definition) is 3. The molecule has 0 fully saturated rings. The molecule has 3 nitrogen and oxygen atoms in total. The van der Waals surface area contributed by atoms with Crippen LogP contribution in [0.2, 0.25) is 0 Å². The highest BCUT2D eigenvalue weighted by Gasteiger charge is 2.00. The van der Waals surface area contributed by atoms with E-state index in [0.717, 1.165) is 25.5 Å². The van der Waals surface area contributed by atoms with Gasteiger partial charge in [0.15, 0.2) is 0 Å². The molecule has 0 radical (unpaired) electrons. The van der Waals surface area contributed by atoms with E-state index in [1.54, 1.807) is 0 Å². The molecule has 0 aliphatic heterocycles. The van der Waals surface area contributed by atoms with Gasteiger partial charge in [-0.05, 0) is 26.0 Å². The molecule has 1 atom stereocenters. The number of pyridine rings is 1. The third-order valence-corrected chi connectivity index (χ3v) is 1.93. The van der Waals surface area contributed by atoms with Crippen molar-refractivity contribution in [1.82, 2.24) is 10.3 Å². The first-order valence-corrected chi connectivity index (χ1v) is 5.04. The lowest BCUT2D eigenvalue weighted by Crippen LogP contribution is -2.30. The molecule has 1 aromatic heterocycles. The average molecular weight is 194 g/mol. The van der Waals surface area contributed by atoms with E-state index in [9.17, 15) is 0 Å². The molecule has 14 heavy (non-hydrogen) atoms. The molecule has 0 spiro atoms. The number of hydrogen-bond donors (Lipinski definition) is 1.